The van der Waals surface area contributed by atoms with Gasteiger partial charge in [0.05, 0.1) is 17.1 Å². The number of hydrogen-bond donors (Lipinski definition) is 0. The minimum absolute atomic E-state index is 0. The molecule has 1 aromatic heterocycles. The Morgan fingerprint density at radius 1 is 1.00 bits per heavy atom. The fourth-order valence-electron chi connectivity index (χ4n) is 4.40. The van der Waals surface area contributed by atoms with Gasteiger partial charge in [0.25, 0.3) is 5.56 Å². The van der Waals surface area contributed by atoms with Crippen LogP contribution >= 0.6 is 36.4 Å². The van der Waals surface area contributed by atoms with Crippen LogP contribution in [0.1, 0.15) is 36.6 Å². The Balaban J connectivity index is 0.00000193. The van der Waals surface area contributed by atoms with Gasteiger partial charge in [0.15, 0.2) is 0 Å². The Labute approximate surface area is 213 Å². The van der Waals surface area contributed by atoms with Gasteiger partial charge in [0.2, 0.25) is 0 Å². The van der Waals surface area contributed by atoms with Crippen LogP contribution in [0, 0.1) is 0 Å². The van der Waals surface area contributed by atoms with E-state index in [0.29, 0.717) is 6.42 Å². The van der Waals surface area contributed by atoms with Crippen molar-refractivity contribution < 1.29 is 0 Å². The summed E-state index contributed by atoms with van der Waals surface area (Å²) in [5.74, 6) is 0. The molecular formula is C25H33Cl3N4O. The molecule has 1 aliphatic heterocycles. The first-order valence-corrected chi connectivity index (χ1v) is 11.5. The molecule has 8 heteroatoms. The lowest BCUT2D eigenvalue weighted by atomic mass is 10.0. The number of nitrogens with zero attached hydrogens (tertiary/aromatic N) is 4. The van der Waals surface area contributed by atoms with E-state index in [9.17, 15) is 4.79 Å². The SMILES string of the molecule is CN(C)CCN1CCCC(n2nc(Cc3ccc(Cl)cc3)c3ccccc3c2=O)CC1.Cl.Cl. The molecule has 0 N–H and O–H groups in total. The highest BCUT2D eigenvalue weighted by molar-refractivity contribution is 6.30. The number of fused-ring (bicyclic) bond motifs is 1. The lowest BCUT2D eigenvalue weighted by molar-refractivity contribution is 0.245. The van der Waals surface area contributed by atoms with Gasteiger partial charge in [-0.2, -0.15) is 5.10 Å². The molecule has 33 heavy (non-hydrogen) atoms. The lowest BCUT2D eigenvalue weighted by Gasteiger charge is -2.22. The molecule has 0 radical (unpaired) electrons. The Hall–Kier alpha value is -1.63. The standard InChI is InChI=1S/C25H31ClN4O.2ClH/c1-28(2)16-17-29-14-5-6-21(13-15-29)30-25(31)23-8-4-3-7-22(23)24(27-30)18-19-9-11-20(26)12-10-19;;/h3-4,7-12,21H,5-6,13-18H2,1-2H3;2*1H. The molecule has 0 saturated carbocycles. The van der Waals surface area contributed by atoms with Gasteiger partial charge in [-0.15, -0.1) is 24.8 Å². The van der Waals surface area contributed by atoms with E-state index in [1.807, 2.05) is 48.5 Å². The maximum absolute atomic E-state index is 13.3. The van der Waals surface area contributed by atoms with E-state index in [1.54, 1.807) is 4.68 Å². The van der Waals surface area contributed by atoms with Crippen molar-refractivity contribution in [2.24, 2.45) is 0 Å². The smallest absolute Gasteiger partial charge is 0.274 e. The molecule has 1 aliphatic rings. The minimum Gasteiger partial charge on any atom is -0.308 e. The van der Waals surface area contributed by atoms with Crippen molar-refractivity contribution >= 4 is 47.2 Å². The Kier molecular flexibility index (Phi) is 10.6. The monoisotopic (exact) mass is 510 g/mol. The van der Waals surface area contributed by atoms with Crippen molar-refractivity contribution in [2.45, 2.75) is 31.7 Å². The number of rotatable bonds is 6. The van der Waals surface area contributed by atoms with Gasteiger partial charge in [-0.25, -0.2) is 4.68 Å². The molecule has 1 fully saturated rings. The van der Waals surface area contributed by atoms with Crippen LogP contribution in [0.2, 0.25) is 5.02 Å². The van der Waals surface area contributed by atoms with E-state index in [1.165, 1.54) is 0 Å². The summed E-state index contributed by atoms with van der Waals surface area (Å²) < 4.78 is 1.78. The zero-order valence-corrected chi connectivity index (χ0v) is 21.6. The molecule has 180 valence electrons. The van der Waals surface area contributed by atoms with Crippen molar-refractivity contribution in [1.29, 1.82) is 0 Å². The maximum atomic E-state index is 13.3. The second-order valence-electron chi connectivity index (χ2n) is 8.77. The third-order valence-electron chi connectivity index (χ3n) is 6.19. The van der Waals surface area contributed by atoms with Crippen LogP contribution in [0.25, 0.3) is 10.8 Å². The summed E-state index contributed by atoms with van der Waals surface area (Å²) in [6.45, 7) is 4.22. The number of likely N-dealkylation sites (N-methyl/N-ethyl adjacent to an activating group) is 1. The van der Waals surface area contributed by atoms with E-state index in [0.717, 1.165) is 72.5 Å². The molecule has 1 saturated heterocycles. The van der Waals surface area contributed by atoms with Gasteiger partial charge in [-0.05, 0) is 63.7 Å². The van der Waals surface area contributed by atoms with Gasteiger partial charge in [-0.3, -0.25) is 4.79 Å². The number of benzene rings is 2. The Bertz CT molecular complexity index is 1090. The second kappa shape index (κ2) is 12.7. The predicted molar refractivity (Wildman–Crippen MR) is 143 cm³/mol. The van der Waals surface area contributed by atoms with Crippen LogP contribution in [0.4, 0.5) is 0 Å². The van der Waals surface area contributed by atoms with Crippen molar-refractivity contribution in [3.8, 4) is 0 Å². The molecule has 0 aliphatic carbocycles. The third-order valence-corrected chi connectivity index (χ3v) is 6.44. The van der Waals surface area contributed by atoms with Crippen molar-refractivity contribution in [2.75, 3.05) is 40.3 Å². The topological polar surface area (TPSA) is 41.4 Å². The molecular weight excluding hydrogens is 479 g/mol. The first-order chi connectivity index (χ1) is 15.0. The third kappa shape index (κ3) is 6.93. The van der Waals surface area contributed by atoms with Gasteiger partial charge in [0.1, 0.15) is 0 Å². The molecule has 0 bridgehead atoms. The lowest BCUT2D eigenvalue weighted by Crippen LogP contribution is -2.33. The number of aromatic nitrogens is 2. The van der Waals surface area contributed by atoms with E-state index in [4.69, 9.17) is 16.7 Å². The predicted octanol–water partition coefficient (Wildman–Crippen LogP) is 5.07. The van der Waals surface area contributed by atoms with Crippen molar-refractivity contribution in [3.05, 3.63) is 75.2 Å². The Morgan fingerprint density at radius 3 is 2.39 bits per heavy atom. The molecule has 3 aromatic rings. The summed E-state index contributed by atoms with van der Waals surface area (Å²) in [7, 11) is 4.22. The van der Waals surface area contributed by atoms with Gasteiger partial charge >= 0.3 is 0 Å². The second-order valence-corrected chi connectivity index (χ2v) is 9.21. The summed E-state index contributed by atoms with van der Waals surface area (Å²) in [6, 6.07) is 15.9. The number of likely N-dealkylation sites (tertiary alicyclic amines) is 1. The minimum atomic E-state index is 0. The first-order valence-electron chi connectivity index (χ1n) is 11.1. The van der Waals surface area contributed by atoms with Crippen LogP contribution in [0.5, 0.6) is 0 Å². The molecule has 1 unspecified atom stereocenters. The van der Waals surface area contributed by atoms with Gasteiger partial charge in [-0.1, -0.05) is 41.9 Å². The zero-order chi connectivity index (χ0) is 21.8. The summed E-state index contributed by atoms with van der Waals surface area (Å²) in [4.78, 5) is 18.1. The highest BCUT2D eigenvalue weighted by Crippen LogP contribution is 2.24. The zero-order valence-electron chi connectivity index (χ0n) is 19.2. The highest BCUT2D eigenvalue weighted by Gasteiger charge is 2.22. The number of halogens is 3. The quantitative estimate of drug-likeness (QED) is 0.463. The van der Waals surface area contributed by atoms with E-state index in [2.05, 4.69) is 23.9 Å². The fraction of sp³-hybridized carbons (Fsp3) is 0.440. The largest absolute Gasteiger partial charge is 0.308 e. The number of hydrogen-bond acceptors (Lipinski definition) is 4. The van der Waals surface area contributed by atoms with E-state index in [-0.39, 0.29) is 36.4 Å². The van der Waals surface area contributed by atoms with Crippen molar-refractivity contribution in [3.63, 3.8) is 0 Å². The van der Waals surface area contributed by atoms with Crippen LogP contribution < -0.4 is 5.56 Å². The van der Waals surface area contributed by atoms with Crippen LogP contribution in [0.15, 0.2) is 53.3 Å². The van der Waals surface area contributed by atoms with Gasteiger partial charge in [0, 0.05) is 36.5 Å². The van der Waals surface area contributed by atoms with Gasteiger partial charge < -0.3 is 9.80 Å². The van der Waals surface area contributed by atoms with E-state index < -0.39 is 0 Å². The summed E-state index contributed by atoms with van der Waals surface area (Å²) >= 11 is 6.06. The summed E-state index contributed by atoms with van der Waals surface area (Å²) in [5.41, 5.74) is 2.12. The van der Waals surface area contributed by atoms with Crippen LogP contribution in [-0.2, 0) is 6.42 Å². The molecule has 0 spiro atoms. The Morgan fingerprint density at radius 2 is 1.70 bits per heavy atom. The average Bonchev–Trinajstić information content (AvgIpc) is 3.01. The molecule has 0 amide bonds. The molecule has 2 heterocycles. The van der Waals surface area contributed by atoms with Crippen molar-refractivity contribution in [1.82, 2.24) is 19.6 Å². The fourth-order valence-corrected chi connectivity index (χ4v) is 4.52. The highest BCUT2D eigenvalue weighted by atomic mass is 35.5. The molecule has 1 atom stereocenters. The summed E-state index contributed by atoms with van der Waals surface area (Å²) in [6.07, 6.45) is 3.72. The van der Waals surface area contributed by atoms with Crippen LogP contribution in [-0.4, -0.2) is 59.9 Å². The summed E-state index contributed by atoms with van der Waals surface area (Å²) in [5, 5.41) is 7.36. The normalized spacial score (nSPS) is 16.8. The average molecular weight is 512 g/mol. The van der Waals surface area contributed by atoms with Crippen LogP contribution in [0.3, 0.4) is 0 Å². The molecule has 5 nitrogen and oxygen atoms in total. The first kappa shape index (κ1) is 27.6. The van der Waals surface area contributed by atoms with E-state index >= 15 is 0 Å². The molecule has 2 aromatic carbocycles. The maximum Gasteiger partial charge on any atom is 0.274 e. The molecule has 4 rings (SSSR count).